The summed E-state index contributed by atoms with van der Waals surface area (Å²) in [5.41, 5.74) is 3.96. The third-order valence-corrected chi connectivity index (χ3v) is 5.15. The molecule has 0 aromatic carbocycles. The summed E-state index contributed by atoms with van der Waals surface area (Å²) in [5, 5.41) is 0. The first-order valence-electron chi connectivity index (χ1n) is 8.60. The van der Waals surface area contributed by atoms with Crippen LogP contribution in [0.25, 0.3) is 0 Å². The van der Waals surface area contributed by atoms with Crippen LogP contribution in [0.15, 0.2) is 12.4 Å². The van der Waals surface area contributed by atoms with Gasteiger partial charge in [-0.05, 0) is 19.8 Å². The molecule has 1 unspecified atom stereocenters. The number of halogens is 3. The molecule has 2 N–H and O–H groups in total. The number of carbonyl (C=O) groups excluding carboxylic acids is 1. The number of rotatable bonds is 7. The molecule has 0 radical (unpaired) electrons. The second-order valence-corrected chi connectivity index (χ2v) is 8.38. The van der Waals surface area contributed by atoms with E-state index in [1.54, 1.807) is 4.90 Å². The minimum atomic E-state index is -4.52. The number of hydroxylamine groups is 1. The van der Waals surface area contributed by atoms with Gasteiger partial charge in [0.2, 0.25) is 16.0 Å². The number of carbonyl (C=O) groups is 1. The summed E-state index contributed by atoms with van der Waals surface area (Å²) in [6, 6.07) is -0.503. The molecule has 0 spiro atoms. The van der Waals surface area contributed by atoms with Crippen LogP contribution in [-0.4, -0.2) is 67.0 Å². The molecule has 2 rings (SSSR count). The van der Waals surface area contributed by atoms with E-state index in [2.05, 4.69) is 9.97 Å². The van der Waals surface area contributed by atoms with Gasteiger partial charge in [0.1, 0.15) is 12.7 Å². The SMILES string of the molecule is CC(CON(C1CCN(c2ncc(C(F)(F)F)cn2)CC1)S(C)(=O)=O)OC(N)=O. The van der Waals surface area contributed by atoms with E-state index in [0.29, 0.717) is 38.3 Å². The molecule has 164 valence electrons. The first-order valence-corrected chi connectivity index (χ1v) is 10.5. The molecule has 0 bridgehead atoms. The van der Waals surface area contributed by atoms with Gasteiger partial charge >= 0.3 is 12.3 Å². The standard InChI is InChI=1S/C15H22F3N5O5S/c1-10(28-13(19)24)9-27-23(29(2,25)26)12-3-5-22(6-4-12)14-20-7-11(8-21-14)15(16,17)18/h7-8,10,12H,3-6,9H2,1-2H3,(H2,19,24). The molecule has 0 saturated carbocycles. The molecule has 2 heterocycles. The molecule has 1 aromatic heterocycles. The fourth-order valence-electron chi connectivity index (χ4n) is 2.79. The molecule has 1 aromatic rings. The Morgan fingerprint density at radius 3 is 2.34 bits per heavy atom. The zero-order valence-electron chi connectivity index (χ0n) is 15.8. The summed E-state index contributed by atoms with van der Waals surface area (Å²) < 4.78 is 67.5. The highest BCUT2D eigenvalue weighted by molar-refractivity contribution is 7.88. The lowest BCUT2D eigenvalue weighted by Gasteiger charge is -2.36. The average Bonchev–Trinajstić information content (AvgIpc) is 2.60. The highest BCUT2D eigenvalue weighted by Crippen LogP contribution is 2.29. The molecule has 1 saturated heterocycles. The summed E-state index contributed by atoms with van der Waals surface area (Å²) in [6.07, 6.45) is -3.20. The van der Waals surface area contributed by atoms with Crippen LogP contribution in [0.2, 0.25) is 0 Å². The number of primary amides is 1. The van der Waals surface area contributed by atoms with E-state index in [9.17, 15) is 26.4 Å². The summed E-state index contributed by atoms with van der Waals surface area (Å²) in [4.78, 5) is 25.2. The van der Waals surface area contributed by atoms with Gasteiger partial charge in [-0.3, -0.25) is 4.84 Å². The van der Waals surface area contributed by atoms with Crippen LogP contribution >= 0.6 is 0 Å². The lowest BCUT2D eigenvalue weighted by Crippen LogP contribution is -2.48. The van der Waals surface area contributed by atoms with Gasteiger partial charge in [0.05, 0.1) is 17.9 Å². The molecule has 0 aliphatic carbocycles. The number of hydrogen-bond donors (Lipinski definition) is 1. The Labute approximate surface area is 165 Å². The van der Waals surface area contributed by atoms with Gasteiger partial charge in [0.25, 0.3) is 0 Å². The smallest absolute Gasteiger partial charge is 0.419 e. The Morgan fingerprint density at radius 1 is 1.34 bits per heavy atom. The van der Waals surface area contributed by atoms with E-state index in [1.165, 1.54) is 6.92 Å². The van der Waals surface area contributed by atoms with Crippen molar-refractivity contribution in [1.82, 2.24) is 14.4 Å². The molecule has 1 fully saturated rings. The van der Waals surface area contributed by atoms with Gasteiger partial charge in [-0.1, -0.05) is 4.47 Å². The first kappa shape index (κ1) is 23.1. The predicted molar refractivity (Wildman–Crippen MR) is 95.0 cm³/mol. The normalized spacial score (nSPS) is 17.4. The maximum atomic E-state index is 12.6. The number of hydrogen-bond acceptors (Lipinski definition) is 8. The zero-order valence-corrected chi connectivity index (χ0v) is 16.6. The number of sulfonamides is 1. The largest absolute Gasteiger partial charge is 0.444 e. The van der Waals surface area contributed by atoms with Gasteiger partial charge in [-0.15, -0.1) is 0 Å². The van der Waals surface area contributed by atoms with Crippen molar-refractivity contribution in [1.29, 1.82) is 0 Å². The number of ether oxygens (including phenoxy) is 1. The molecule has 1 amide bonds. The summed E-state index contributed by atoms with van der Waals surface area (Å²) >= 11 is 0. The number of anilines is 1. The minimum Gasteiger partial charge on any atom is -0.444 e. The second-order valence-electron chi connectivity index (χ2n) is 6.55. The van der Waals surface area contributed by atoms with Crippen molar-refractivity contribution < 1.29 is 36.0 Å². The van der Waals surface area contributed by atoms with E-state index in [0.717, 1.165) is 10.7 Å². The van der Waals surface area contributed by atoms with Crippen molar-refractivity contribution in [3.05, 3.63) is 18.0 Å². The second kappa shape index (κ2) is 9.09. The summed E-state index contributed by atoms with van der Waals surface area (Å²) in [5.74, 6) is 0.131. The zero-order chi connectivity index (χ0) is 21.8. The number of amides is 1. The van der Waals surface area contributed by atoms with Crippen molar-refractivity contribution >= 4 is 22.1 Å². The molecule has 1 atom stereocenters. The average molecular weight is 441 g/mol. The Morgan fingerprint density at radius 2 is 1.90 bits per heavy atom. The minimum absolute atomic E-state index is 0.131. The van der Waals surface area contributed by atoms with Crippen molar-refractivity contribution in [3.63, 3.8) is 0 Å². The van der Waals surface area contributed by atoms with Crippen LogP contribution in [0, 0.1) is 0 Å². The van der Waals surface area contributed by atoms with Crippen molar-refractivity contribution in [2.24, 2.45) is 5.73 Å². The van der Waals surface area contributed by atoms with E-state index in [1.807, 2.05) is 0 Å². The van der Waals surface area contributed by atoms with Crippen LogP contribution in [0.1, 0.15) is 25.3 Å². The van der Waals surface area contributed by atoms with Crippen molar-refractivity contribution in [3.8, 4) is 0 Å². The molecule has 14 heteroatoms. The molecule has 10 nitrogen and oxygen atoms in total. The summed E-state index contributed by atoms with van der Waals surface area (Å²) in [6.45, 7) is 1.92. The fourth-order valence-corrected chi connectivity index (χ4v) is 3.79. The molecular formula is C15H22F3N5O5S. The molecule has 29 heavy (non-hydrogen) atoms. The topological polar surface area (TPSA) is 128 Å². The van der Waals surface area contributed by atoms with Gasteiger partial charge < -0.3 is 15.4 Å². The lowest BCUT2D eigenvalue weighted by molar-refractivity contribution is -0.138. The fraction of sp³-hybridized carbons (Fsp3) is 0.667. The summed E-state index contributed by atoms with van der Waals surface area (Å²) in [7, 11) is -3.73. The lowest BCUT2D eigenvalue weighted by atomic mass is 10.1. The third kappa shape index (κ3) is 6.68. The Bertz CT molecular complexity index is 798. The highest BCUT2D eigenvalue weighted by atomic mass is 32.2. The molecular weight excluding hydrogens is 419 g/mol. The van der Waals surface area contributed by atoms with Crippen LogP contribution < -0.4 is 10.6 Å². The maximum absolute atomic E-state index is 12.6. The van der Waals surface area contributed by atoms with Crippen molar-refractivity contribution in [2.75, 3.05) is 30.9 Å². The van der Waals surface area contributed by atoms with Crippen LogP contribution in [-0.2, 0) is 25.8 Å². The Kier molecular flexibility index (Phi) is 7.24. The monoisotopic (exact) mass is 441 g/mol. The van der Waals surface area contributed by atoms with Crippen LogP contribution in [0.5, 0.6) is 0 Å². The Hall–Kier alpha value is -2.19. The Balaban J connectivity index is 1.98. The van der Waals surface area contributed by atoms with Crippen LogP contribution in [0.3, 0.4) is 0 Å². The number of nitrogens with two attached hydrogens (primary N) is 1. The number of alkyl halides is 3. The number of nitrogens with zero attached hydrogens (tertiary/aromatic N) is 4. The number of piperidine rings is 1. The van der Waals surface area contributed by atoms with Crippen LogP contribution in [0.4, 0.5) is 23.9 Å². The highest BCUT2D eigenvalue weighted by Gasteiger charge is 2.34. The molecule has 1 aliphatic heterocycles. The van der Waals surface area contributed by atoms with Gasteiger partial charge in [-0.2, -0.15) is 13.2 Å². The molecule has 1 aliphatic rings. The number of aromatic nitrogens is 2. The van der Waals surface area contributed by atoms with E-state index < -0.39 is 40.0 Å². The van der Waals surface area contributed by atoms with Gasteiger partial charge in [-0.25, -0.2) is 23.2 Å². The van der Waals surface area contributed by atoms with E-state index >= 15 is 0 Å². The first-order chi connectivity index (χ1) is 13.4. The predicted octanol–water partition coefficient (Wildman–Crippen LogP) is 1.14. The van der Waals surface area contributed by atoms with E-state index in [-0.39, 0.29) is 12.6 Å². The maximum Gasteiger partial charge on any atom is 0.419 e. The van der Waals surface area contributed by atoms with Gasteiger partial charge in [0, 0.05) is 25.5 Å². The quantitative estimate of drug-likeness (QED) is 0.624. The third-order valence-electron chi connectivity index (χ3n) is 4.09. The van der Waals surface area contributed by atoms with E-state index in [4.69, 9.17) is 15.3 Å². The van der Waals surface area contributed by atoms with Gasteiger partial charge in [0.15, 0.2) is 0 Å². The van der Waals surface area contributed by atoms with Crippen molar-refractivity contribution in [2.45, 2.75) is 38.1 Å².